The summed E-state index contributed by atoms with van der Waals surface area (Å²) in [5, 5.41) is 12.2. The molecule has 20 heavy (non-hydrogen) atoms. The summed E-state index contributed by atoms with van der Waals surface area (Å²) in [6.45, 7) is 0.404. The Kier molecular flexibility index (Phi) is 5.35. The zero-order chi connectivity index (χ0) is 14.4. The Morgan fingerprint density at radius 2 is 2.15 bits per heavy atom. The average molecular weight is 277 g/mol. The van der Waals surface area contributed by atoms with Crippen LogP contribution in [0.15, 0.2) is 18.3 Å². The number of anilines is 1. The fourth-order valence-corrected chi connectivity index (χ4v) is 2.78. The second kappa shape index (κ2) is 7.24. The number of nitrogens with one attached hydrogen (secondary N) is 1. The molecule has 0 radical (unpaired) electrons. The number of amides is 1. The fourth-order valence-electron chi connectivity index (χ4n) is 2.78. The fraction of sp³-hybridized carbons (Fsp3) is 0.600. The van der Waals surface area contributed by atoms with Crippen LogP contribution >= 0.6 is 0 Å². The van der Waals surface area contributed by atoms with Gasteiger partial charge in [0.15, 0.2) is 0 Å². The topological polar surface area (TPSA) is 65.5 Å². The number of hydrogen-bond acceptors (Lipinski definition) is 4. The van der Waals surface area contributed by atoms with E-state index in [1.807, 2.05) is 4.90 Å². The minimum Gasteiger partial charge on any atom is -0.395 e. The van der Waals surface area contributed by atoms with Gasteiger partial charge in [-0.2, -0.15) is 0 Å². The smallest absolute Gasteiger partial charge is 0.255 e. The lowest BCUT2D eigenvalue weighted by Crippen LogP contribution is -2.43. The molecule has 2 rings (SSSR count). The highest BCUT2D eigenvalue weighted by Crippen LogP contribution is 2.24. The van der Waals surface area contributed by atoms with Crippen molar-refractivity contribution < 1.29 is 9.90 Å². The lowest BCUT2D eigenvalue weighted by Gasteiger charge is -2.34. The Bertz CT molecular complexity index is 427. The molecule has 5 nitrogen and oxygen atoms in total. The molecule has 1 aliphatic carbocycles. The first-order valence-electron chi connectivity index (χ1n) is 7.32. The minimum atomic E-state index is -0.0268. The van der Waals surface area contributed by atoms with Gasteiger partial charge in [0.1, 0.15) is 5.82 Å². The number of pyridine rings is 1. The monoisotopic (exact) mass is 277 g/mol. The summed E-state index contributed by atoms with van der Waals surface area (Å²) < 4.78 is 0. The van der Waals surface area contributed by atoms with Gasteiger partial charge < -0.3 is 15.3 Å². The maximum Gasteiger partial charge on any atom is 0.255 e. The molecule has 110 valence electrons. The molecule has 0 aromatic carbocycles. The molecule has 1 heterocycles. The lowest BCUT2D eigenvalue weighted by atomic mass is 9.93. The van der Waals surface area contributed by atoms with Crippen LogP contribution in [0.25, 0.3) is 0 Å². The molecule has 0 bridgehead atoms. The molecule has 1 aromatic heterocycles. The van der Waals surface area contributed by atoms with Gasteiger partial charge in [-0.05, 0) is 25.0 Å². The third-order valence-electron chi connectivity index (χ3n) is 3.88. The van der Waals surface area contributed by atoms with E-state index >= 15 is 0 Å². The van der Waals surface area contributed by atoms with E-state index in [0.717, 1.165) is 31.5 Å². The molecular weight excluding hydrogens is 254 g/mol. The highest BCUT2D eigenvalue weighted by atomic mass is 16.3. The van der Waals surface area contributed by atoms with Crippen LogP contribution in [0.4, 0.5) is 5.82 Å². The minimum absolute atomic E-state index is 0.00423. The molecule has 1 saturated carbocycles. The van der Waals surface area contributed by atoms with Crippen molar-refractivity contribution in [1.82, 2.24) is 9.88 Å². The normalized spacial score (nSPS) is 15.9. The van der Waals surface area contributed by atoms with Crippen LogP contribution in [-0.4, -0.2) is 47.1 Å². The lowest BCUT2D eigenvalue weighted by molar-refractivity contribution is 0.0585. The number of hydrogen-bond donors (Lipinski definition) is 2. The molecule has 0 atom stereocenters. The van der Waals surface area contributed by atoms with Crippen LogP contribution in [0.3, 0.4) is 0 Å². The van der Waals surface area contributed by atoms with Crippen molar-refractivity contribution in [3.05, 3.63) is 23.9 Å². The highest BCUT2D eigenvalue weighted by molar-refractivity contribution is 5.94. The van der Waals surface area contributed by atoms with E-state index in [1.165, 1.54) is 6.42 Å². The number of aliphatic hydroxyl groups excluding tert-OH is 1. The van der Waals surface area contributed by atoms with Gasteiger partial charge >= 0.3 is 0 Å². The van der Waals surface area contributed by atoms with Crippen molar-refractivity contribution >= 4 is 11.7 Å². The molecule has 1 aromatic rings. The van der Waals surface area contributed by atoms with Gasteiger partial charge in [-0.3, -0.25) is 4.79 Å². The number of aromatic nitrogens is 1. The average Bonchev–Trinajstić information content (AvgIpc) is 2.53. The molecule has 0 saturated heterocycles. The van der Waals surface area contributed by atoms with E-state index < -0.39 is 0 Å². The summed E-state index contributed by atoms with van der Waals surface area (Å²) in [5.41, 5.74) is 0.586. The summed E-state index contributed by atoms with van der Waals surface area (Å²) in [7, 11) is 1.80. The number of carbonyl (C=O) groups excluding carboxylic acids is 1. The first kappa shape index (κ1) is 14.8. The van der Waals surface area contributed by atoms with Crippen molar-refractivity contribution in [2.75, 3.05) is 25.5 Å². The number of nitrogens with zero attached hydrogens (tertiary/aromatic N) is 2. The molecule has 5 heteroatoms. The molecule has 0 unspecified atom stereocenters. The second-order valence-electron chi connectivity index (χ2n) is 5.20. The van der Waals surface area contributed by atoms with E-state index in [2.05, 4.69) is 10.3 Å². The van der Waals surface area contributed by atoms with Crippen molar-refractivity contribution in [3.63, 3.8) is 0 Å². The molecule has 0 spiro atoms. The van der Waals surface area contributed by atoms with Gasteiger partial charge in [-0.1, -0.05) is 19.3 Å². The third-order valence-corrected chi connectivity index (χ3v) is 3.88. The SMILES string of the molecule is CNc1ccc(C(=O)N(CCO)C2CCCCC2)cn1. The predicted molar refractivity (Wildman–Crippen MR) is 78.8 cm³/mol. The van der Waals surface area contributed by atoms with Crippen LogP contribution < -0.4 is 5.32 Å². The van der Waals surface area contributed by atoms with E-state index in [9.17, 15) is 9.90 Å². The molecule has 2 N–H and O–H groups in total. The molecule has 1 aliphatic rings. The summed E-state index contributed by atoms with van der Waals surface area (Å²) in [5.74, 6) is 0.717. The van der Waals surface area contributed by atoms with Crippen LogP contribution in [0, 0.1) is 0 Å². The second-order valence-corrected chi connectivity index (χ2v) is 5.20. The third kappa shape index (κ3) is 3.48. The molecule has 1 amide bonds. The van der Waals surface area contributed by atoms with Crippen molar-refractivity contribution in [2.24, 2.45) is 0 Å². The Morgan fingerprint density at radius 1 is 1.40 bits per heavy atom. The van der Waals surface area contributed by atoms with Gasteiger partial charge in [0.25, 0.3) is 5.91 Å². The van der Waals surface area contributed by atoms with Crippen LogP contribution in [0.5, 0.6) is 0 Å². The number of carbonyl (C=O) groups is 1. The molecule has 1 fully saturated rings. The number of aliphatic hydroxyl groups is 1. The van der Waals surface area contributed by atoms with Gasteiger partial charge in [0.05, 0.1) is 12.2 Å². The van der Waals surface area contributed by atoms with Crippen molar-refractivity contribution in [2.45, 2.75) is 38.1 Å². The zero-order valence-corrected chi connectivity index (χ0v) is 12.0. The highest BCUT2D eigenvalue weighted by Gasteiger charge is 2.25. The van der Waals surface area contributed by atoms with E-state index in [4.69, 9.17) is 0 Å². The summed E-state index contributed by atoms with van der Waals surface area (Å²) >= 11 is 0. The summed E-state index contributed by atoms with van der Waals surface area (Å²) in [4.78, 5) is 18.6. The number of rotatable bonds is 5. The van der Waals surface area contributed by atoms with Gasteiger partial charge in [0, 0.05) is 25.8 Å². The molecular formula is C15H23N3O2. The Hall–Kier alpha value is -1.62. The van der Waals surface area contributed by atoms with Crippen LogP contribution in [0.1, 0.15) is 42.5 Å². The zero-order valence-electron chi connectivity index (χ0n) is 12.0. The van der Waals surface area contributed by atoms with Crippen LogP contribution in [0.2, 0.25) is 0 Å². The first-order valence-corrected chi connectivity index (χ1v) is 7.32. The summed E-state index contributed by atoms with van der Waals surface area (Å²) in [6.07, 6.45) is 7.24. The van der Waals surface area contributed by atoms with Crippen molar-refractivity contribution in [3.8, 4) is 0 Å². The van der Waals surface area contributed by atoms with Gasteiger partial charge in [0.2, 0.25) is 0 Å². The Balaban J connectivity index is 2.12. The Labute approximate surface area is 120 Å². The quantitative estimate of drug-likeness (QED) is 0.862. The maximum absolute atomic E-state index is 12.6. The van der Waals surface area contributed by atoms with E-state index in [-0.39, 0.29) is 18.6 Å². The maximum atomic E-state index is 12.6. The van der Waals surface area contributed by atoms with Gasteiger partial charge in [-0.25, -0.2) is 4.98 Å². The summed E-state index contributed by atoms with van der Waals surface area (Å²) in [6, 6.07) is 3.84. The molecule has 0 aliphatic heterocycles. The standard InChI is InChI=1S/C15H23N3O2/c1-16-14-8-7-12(11-17-14)15(20)18(9-10-19)13-5-3-2-4-6-13/h7-8,11,13,19H,2-6,9-10H2,1H3,(H,16,17). The largest absolute Gasteiger partial charge is 0.395 e. The van der Waals surface area contributed by atoms with E-state index in [1.54, 1.807) is 25.4 Å². The van der Waals surface area contributed by atoms with Crippen molar-refractivity contribution in [1.29, 1.82) is 0 Å². The predicted octanol–water partition coefficient (Wildman–Crippen LogP) is 1.89. The Morgan fingerprint density at radius 3 is 2.70 bits per heavy atom. The van der Waals surface area contributed by atoms with E-state index in [0.29, 0.717) is 12.1 Å². The van der Waals surface area contributed by atoms with Gasteiger partial charge in [-0.15, -0.1) is 0 Å². The first-order chi connectivity index (χ1) is 9.76. The van der Waals surface area contributed by atoms with Crippen LogP contribution in [-0.2, 0) is 0 Å².